The van der Waals surface area contributed by atoms with E-state index in [2.05, 4.69) is 31.2 Å². The third-order valence-electron chi connectivity index (χ3n) is 3.06. The molecule has 0 spiro atoms. The molecule has 15 heavy (non-hydrogen) atoms. The molecule has 1 aromatic carbocycles. The van der Waals surface area contributed by atoms with E-state index < -0.39 is 0 Å². The number of benzene rings is 1. The molecule has 0 saturated heterocycles. The molecule has 1 aliphatic rings. The van der Waals surface area contributed by atoms with Crippen LogP contribution < -0.4 is 0 Å². The van der Waals surface area contributed by atoms with Crippen LogP contribution in [0.4, 0.5) is 0 Å². The van der Waals surface area contributed by atoms with Crippen molar-refractivity contribution in [2.75, 3.05) is 0 Å². The van der Waals surface area contributed by atoms with E-state index in [1.807, 2.05) is 12.1 Å². The molecule has 0 aliphatic heterocycles. The zero-order valence-corrected chi connectivity index (χ0v) is 8.66. The minimum absolute atomic E-state index is 0.996. The summed E-state index contributed by atoms with van der Waals surface area (Å²) in [6.45, 7) is 2.17. The van der Waals surface area contributed by atoms with Crippen LogP contribution in [0.3, 0.4) is 0 Å². The first-order valence-electron chi connectivity index (χ1n) is 5.18. The molecule has 1 heterocycles. The summed E-state index contributed by atoms with van der Waals surface area (Å²) in [7, 11) is 0. The Morgan fingerprint density at radius 2 is 1.93 bits per heavy atom. The van der Waals surface area contributed by atoms with Gasteiger partial charge in [0.25, 0.3) is 0 Å². The topological polar surface area (TPSA) is 13.1 Å². The van der Waals surface area contributed by atoms with Crippen LogP contribution in [-0.4, -0.2) is 0 Å². The van der Waals surface area contributed by atoms with Gasteiger partial charge in [0.2, 0.25) is 0 Å². The lowest BCUT2D eigenvalue weighted by atomic mass is 10.1. The van der Waals surface area contributed by atoms with E-state index in [-0.39, 0.29) is 0 Å². The molecule has 0 atom stereocenters. The van der Waals surface area contributed by atoms with Gasteiger partial charge in [-0.3, -0.25) is 0 Å². The highest BCUT2D eigenvalue weighted by atomic mass is 16.3. The van der Waals surface area contributed by atoms with Crippen LogP contribution in [0.1, 0.15) is 23.8 Å². The molecule has 0 amide bonds. The first-order valence-corrected chi connectivity index (χ1v) is 5.18. The van der Waals surface area contributed by atoms with Gasteiger partial charge in [0.1, 0.15) is 5.76 Å². The zero-order valence-electron chi connectivity index (χ0n) is 8.66. The van der Waals surface area contributed by atoms with Crippen molar-refractivity contribution in [1.82, 2.24) is 0 Å². The summed E-state index contributed by atoms with van der Waals surface area (Å²) in [6.07, 6.45) is 2.73. The van der Waals surface area contributed by atoms with Crippen molar-refractivity contribution in [3.8, 4) is 0 Å². The van der Waals surface area contributed by atoms with Crippen molar-refractivity contribution < 1.29 is 4.42 Å². The number of hydrogen-bond acceptors (Lipinski definition) is 1. The van der Waals surface area contributed by atoms with Crippen LogP contribution in [0.15, 0.2) is 47.1 Å². The van der Waals surface area contributed by atoms with Crippen molar-refractivity contribution >= 4 is 11.1 Å². The van der Waals surface area contributed by atoms with Gasteiger partial charge in [0.15, 0.2) is 0 Å². The van der Waals surface area contributed by atoms with Crippen LogP contribution in [-0.2, 0) is 6.42 Å². The predicted molar refractivity (Wildman–Crippen MR) is 61.3 cm³/mol. The molecule has 0 radical (unpaired) electrons. The van der Waals surface area contributed by atoms with Crippen molar-refractivity contribution in [2.45, 2.75) is 13.3 Å². The fourth-order valence-electron chi connectivity index (χ4n) is 2.25. The van der Waals surface area contributed by atoms with Gasteiger partial charge in [-0.25, -0.2) is 0 Å². The Labute approximate surface area is 89.0 Å². The summed E-state index contributed by atoms with van der Waals surface area (Å²) in [5, 5.41) is 0. The highest BCUT2D eigenvalue weighted by Crippen LogP contribution is 2.37. The monoisotopic (exact) mass is 196 g/mol. The maximum absolute atomic E-state index is 5.46. The second-order valence-electron chi connectivity index (χ2n) is 3.91. The minimum Gasteiger partial charge on any atom is -0.465 e. The zero-order chi connectivity index (χ0) is 10.3. The van der Waals surface area contributed by atoms with E-state index in [0.29, 0.717) is 0 Å². The average molecular weight is 196 g/mol. The van der Waals surface area contributed by atoms with Crippen molar-refractivity contribution in [3.63, 3.8) is 0 Å². The smallest absolute Gasteiger partial charge is 0.130 e. The van der Waals surface area contributed by atoms with Gasteiger partial charge in [0, 0.05) is 12.0 Å². The largest absolute Gasteiger partial charge is 0.465 e. The molecule has 0 bridgehead atoms. The summed E-state index contributed by atoms with van der Waals surface area (Å²) in [4.78, 5) is 0. The van der Waals surface area contributed by atoms with Crippen LogP contribution in [0.5, 0.6) is 0 Å². The number of allylic oxidation sites excluding steroid dienone is 2. The lowest BCUT2D eigenvalue weighted by molar-refractivity contribution is 0.552. The van der Waals surface area contributed by atoms with E-state index >= 15 is 0 Å². The average Bonchev–Trinajstić information content (AvgIpc) is 2.87. The highest BCUT2D eigenvalue weighted by Gasteiger charge is 2.20. The summed E-state index contributed by atoms with van der Waals surface area (Å²) in [5.74, 6) is 1.00. The molecule has 1 aliphatic carbocycles. The fourth-order valence-corrected chi connectivity index (χ4v) is 2.25. The Bertz CT molecular complexity index is 518. The van der Waals surface area contributed by atoms with Gasteiger partial charge in [-0.2, -0.15) is 0 Å². The van der Waals surface area contributed by atoms with Crippen molar-refractivity contribution in [3.05, 3.63) is 59.5 Å². The molecule has 1 aromatic heterocycles. The molecular formula is C14H12O. The molecule has 1 heteroatoms. The highest BCUT2D eigenvalue weighted by molar-refractivity contribution is 5.94. The maximum atomic E-state index is 5.46. The van der Waals surface area contributed by atoms with E-state index in [1.54, 1.807) is 6.26 Å². The predicted octanol–water partition coefficient (Wildman–Crippen LogP) is 3.77. The normalized spacial score (nSPS) is 14.5. The molecule has 0 unspecified atom stereocenters. The Morgan fingerprint density at radius 3 is 2.67 bits per heavy atom. The van der Waals surface area contributed by atoms with Crippen LogP contribution in [0.2, 0.25) is 0 Å². The summed E-state index contributed by atoms with van der Waals surface area (Å²) in [6, 6.07) is 12.5. The lowest BCUT2D eigenvalue weighted by Gasteiger charge is -1.98. The summed E-state index contributed by atoms with van der Waals surface area (Å²) < 4.78 is 5.46. The molecule has 1 nitrogen and oxygen atoms in total. The van der Waals surface area contributed by atoms with Crippen LogP contribution >= 0.6 is 0 Å². The van der Waals surface area contributed by atoms with Gasteiger partial charge in [-0.1, -0.05) is 24.3 Å². The Balaban J connectivity index is 2.13. The molecule has 3 rings (SSSR count). The number of hydrogen-bond donors (Lipinski definition) is 0. The second-order valence-corrected chi connectivity index (χ2v) is 3.91. The molecular weight excluding hydrogens is 184 g/mol. The third-order valence-corrected chi connectivity index (χ3v) is 3.06. The van der Waals surface area contributed by atoms with Gasteiger partial charge in [-0.15, -0.1) is 0 Å². The Hall–Kier alpha value is -1.76. The van der Waals surface area contributed by atoms with E-state index in [9.17, 15) is 0 Å². The molecule has 0 saturated carbocycles. The van der Waals surface area contributed by atoms with E-state index in [0.717, 1.165) is 12.2 Å². The first kappa shape index (κ1) is 8.54. The van der Waals surface area contributed by atoms with Gasteiger partial charge in [-0.05, 0) is 35.8 Å². The SMILES string of the molecule is CC1=C(c2ccco2)Cc2ccccc21. The van der Waals surface area contributed by atoms with Crippen LogP contribution in [0.25, 0.3) is 11.1 Å². The molecule has 0 N–H and O–H groups in total. The van der Waals surface area contributed by atoms with Crippen molar-refractivity contribution in [1.29, 1.82) is 0 Å². The molecule has 2 aromatic rings. The van der Waals surface area contributed by atoms with E-state index in [4.69, 9.17) is 4.42 Å². The maximum Gasteiger partial charge on any atom is 0.130 e. The van der Waals surface area contributed by atoms with Crippen molar-refractivity contribution in [2.24, 2.45) is 0 Å². The summed E-state index contributed by atoms with van der Waals surface area (Å²) in [5.41, 5.74) is 5.44. The van der Waals surface area contributed by atoms with Gasteiger partial charge >= 0.3 is 0 Å². The Kier molecular flexibility index (Phi) is 1.78. The fraction of sp³-hybridized carbons (Fsp3) is 0.143. The van der Waals surface area contributed by atoms with Crippen LogP contribution in [0, 0.1) is 0 Å². The number of furan rings is 1. The number of fused-ring (bicyclic) bond motifs is 1. The summed E-state index contributed by atoms with van der Waals surface area (Å²) >= 11 is 0. The standard InChI is InChI=1S/C14H12O/c1-10-12-6-3-2-5-11(12)9-13(10)14-7-4-8-15-14/h2-8H,9H2,1H3. The quantitative estimate of drug-likeness (QED) is 0.676. The Morgan fingerprint density at radius 1 is 1.07 bits per heavy atom. The lowest BCUT2D eigenvalue weighted by Crippen LogP contribution is -1.82. The second kappa shape index (κ2) is 3.13. The molecule has 0 fully saturated rings. The molecule has 74 valence electrons. The first-order chi connectivity index (χ1) is 7.36. The third kappa shape index (κ3) is 1.23. The number of rotatable bonds is 1. The van der Waals surface area contributed by atoms with E-state index in [1.165, 1.54) is 22.3 Å². The van der Waals surface area contributed by atoms with Gasteiger partial charge in [0.05, 0.1) is 6.26 Å². The minimum atomic E-state index is 0.996. The van der Waals surface area contributed by atoms with Gasteiger partial charge < -0.3 is 4.42 Å².